The first-order valence-electron chi connectivity index (χ1n) is 39.2. The second-order valence-electron chi connectivity index (χ2n) is 27.0. The number of ether oxygens (including phenoxy) is 1. The van der Waals surface area contributed by atoms with Crippen LogP contribution >= 0.6 is 0 Å². The van der Waals surface area contributed by atoms with Gasteiger partial charge in [0.2, 0.25) is 5.91 Å². The minimum Gasteiger partial charge on any atom is -0.466 e. The average molecular weight is 1210 g/mol. The monoisotopic (exact) mass is 1210 g/mol. The third-order valence-corrected chi connectivity index (χ3v) is 18.4. The van der Waals surface area contributed by atoms with Gasteiger partial charge in [0.05, 0.1) is 25.4 Å². The first kappa shape index (κ1) is 84.1. The Morgan fingerprint density at radius 3 is 0.895 bits per heavy atom. The largest absolute Gasteiger partial charge is 0.466 e. The number of hydrogen-bond donors (Lipinski definition) is 3. The van der Waals surface area contributed by atoms with E-state index in [1.165, 1.54) is 353 Å². The lowest BCUT2D eigenvalue weighted by Gasteiger charge is -2.22. The smallest absolute Gasteiger partial charge is 0.305 e. The van der Waals surface area contributed by atoms with Crippen LogP contribution in [0.3, 0.4) is 0 Å². The molecule has 6 heteroatoms. The number of nitrogens with one attached hydrogen (secondary N) is 1. The Balaban J connectivity index is 3.34. The Hall–Kier alpha value is -1.92. The van der Waals surface area contributed by atoms with Crippen molar-refractivity contribution in [1.29, 1.82) is 0 Å². The first-order chi connectivity index (χ1) is 42.5. The summed E-state index contributed by atoms with van der Waals surface area (Å²) in [4.78, 5) is 24.6. The molecule has 0 saturated carbocycles. The van der Waals surface area contributed by atoms with Crippen molar-refractivity contribution in [2.75, 3.05) is 13.2 Å². The molecular formula is C80H153NO5. The molecule has 0 fully saturated rings. The fourth-order valence-electron chi connectivity index (χ4n) is 12.4. The van der Waals surface area contributed by atoms with Crippen molar-refractivity contribution in [3.05, 3.63) is 36.5 Å². The lowest BCUT2D eigenvalue weighted by molar-refractivity contribution is -0.143. The van der Waals surface area contributed by atoms with Gasteiger partial charge in [-0.25, -0.2) is 0 Å². The van der Waals surface area contributed by atoms with E-state index in [-0.39, 0.29) is 18.5 Å². The van der Waals surface area contributed by atoms with Crippen LogP contribution in [0.5, 0.6) is 0 Å². The molecular weight excluding hydrogens is 1050 g/mol. The van der Waals surface area contributed by atoms with E-state index in [0.717, 1.165) is 51.4 Å². The van der Waals surface area contributed by atoms with Gasteiger partial charge in [-0.3, -0.25) is 9.59 Å². The third kappa shape index (κ3) is 71.2. The van der Waals surface area contributed by atoms with Crippen LogP contribution in [0.4, 0.5) is 0 Å². The summed E-state index contributed by atoms with van der Waals surface area (Å²) >= 11 is 0. The molecule has 6 nitrogen and oxygen atoms in total. The maximum atomic E-state index is 12.5. The van der Waals surface area contributed by atoms with Crippen LogP contribution in [0.1, 0.15) is 438 Å². The summed E-state index contributed by atoms with van der Waals surface area (Å²) in [6.07, 6.45) is 98.1. The van der Waals surface area contributed by atoms with E-state index < -0.39 is 12.1 Å². The van der Waals surface area contributed by atoms with Crippen LogP contribution in [-0.4, -0.2) is 47.4 Å². The minimum absolute atomic E-state index is 0.0129. The third-order valence-electron chi connectivity index (χ3n) is 18.4. The number of hydrogen-bond acceptors (Lipinski definition) is 5. The summed E-state index contributed by atoms with van der Waals surface area (Å²) in [6.45, 7) is 4.98. The van der Waals surface area contributed by atoms with E-state index in [9.17, 15) is 19.8 Å². The number of rotatable bonds is 74. The molecule has 0 aliphatic heterocycles. The quantitative estimate of drug-likeness (QED) is 0.0320. The SMILES string of the molecule is CCCCCCCC/C=C\CCCCCCCC(=O)OCCCCCCCCCCCCCCCCC/C=C\C/C=C\CCCCCCCCCCCCCCCCCCCC(=O)NC(CO)C(O)CCCCCCCCCCCCCCCCC. The molecule has 0 saturated heterocycles. The van der Waals surface area contributed by atoms with Gasteiger partial charge in [0, 0.05) is 12.8 Å². The molecule has 508 valence electrons. The minimum atomic E-state index is -0.662. The second-order valence-corrected chi connectivity index (χ2v) is 27.0. The standard InChI is InChI=1S/C80H153NO5/c1-3-5-7-9-11-13-15-17-44-48-52-56-60-64-68-72-78(83)77(76-82)81-79(84)73-69-65-61-57-53-49-46-42-40-38-36-34-32-30-28-26-24-22-20-19-21-23-25-27-29-31-33-35-37-39-41-43-47-51-55-59-63-67-71-75-86-80(85)74-70-66-62-58-54-50-45-18-16-14-12-10-8-6-4-2/h18-20,23,25,45,77-78,82-83H,3-17,21-22,24,26-44,46-76H2,1-2H3,(H,81,84)/b20-19-,25-23-,45-18-. The van der Waals surface area contributed by atoms with Gasteiger partial charge < -0.3 is 20.3 Å². The number of allylic oxidation sites excluding steroid dienone is 6. The molecule has 1 amide bonds. The van der Waals surface area contributed by atoms with Gasteiger partial charge in [-0.05, 0) is 83.5 Å². The Morgan fingerprint density at radius 1 is 0.326 bits per heavy atom. The molecule has 0 aromatic carbocycles. The molecule has 0 bridgehead atoms. The maximum Gasteiger partial charge on any atom is 0.305 e. The highest BCUT2D eigenvalue weighted by molar-refractivity contribution is 5.76. The average Bonchev–Trinajstić information content (AvgIpc) is 3.54. The van der Waals surface area contributed by atoms with E-state index >= 15 is 0 Å². The first-order valence-corrected chi connectivity index (χ1v) is 39.2. The van der Waals surface area contributed by atoms with E-state index in [1.54, 1.807) is 0 Å². The van der Waals surface area contributed by atoms with Gasteiger partial charge >= 0.3 is 5.97 Å². The van der Waals surface area contributed by atoms with Crippen molar-refractivity contribution in [2.45, 2.75) is 450 Å². The fraction of sp³-hybridized carbons (Fsp3) is 0.900. The topological polar surface area (TPSA) is 95.9 Å². The summed E-state index contributed by atoms with van der Waals surface area (Å²) < 4.78 is 5.50. The van der Waals surface area contributed by atoms with E-state index in [4.69, 9.17) is 4.74 Å². The summed E-state index contributed by atoms with van der Waals surface area (Å²) in [5.74, 6) is -0.0158. The highest BCUT2D eigenvalue weighted by Gasteiger charge is 2.20. The van der Waals surface area contributed by atoms with E-state index in [2.05, 4.69) is 55.6 Å². The molecule has 0 rings (SSSR count). The molecule has 0 aliphatic rings. The van der Waals surface area contributed by atoms with Gasteiger partial charge in [0.25, 0.3) is 0 Å². The van der Waals surface area contributed by atoms with Gasteiger partial charge in [-0.15, -0.1) is 0 Å². The van der Waals surface area contributed by atoms with Crippen molar-refractivity contribution in [1.82, 2.24) is 5.32 Å². The Kier molecular flexibility index (Phi) is 73.9. The number of esters is 1. The molecule has 0 aliphatic carbocycles. The molecule has 0 radical (unpaired) electrons. The Morgan fingerprint density at radius 2 is 0.581 bits per heavy atom. The van der Waals surface area contributed by atoms with Crippen molar-refractivity contribution < 1.29 is 24.5 Å². The van der Waals surface area contributed by atoms with Crippen LogP contribution in [0.15, 0.2) is 36.5 Å². The Bertz CT molecular complexity index is 1390. The lowest BCUT2D eigenvalue weighted by Crippen LogP contribution is -2.45. The Labute approximate surface area is 538 Å². The van der Waals surface area contributed by atoms with Gasteiger partial charge in [0.15, 0.2) is 0 Å². The predicted molar refractivity (Wildman–Crippen MR) is 379 cm³/mol. The van der Waals surface area contributed by atoms with Crippen molar-refractivity contribution in [2.24, 2.45) is 0 Å². The van der Waals surface area contributed by atoms with Gasteiger partial charge in [-0.1, -0.05) is 378 Å². The van der Waals surface area contributed by atoms with E-state index in [0.29, 0.717) is 25.9 Å². The summed E-state index contributed by atoms with van der Waals surface area (Å²) in [5, 5.41) is 23.4. The molecule has 0 aromatic rings. The number of aliphatic hydroxyl groups excluding tert-OH is 2. The number of amides is 1. The molecule has 0 spiro atoms. The van der Waals surface area contributed by atoms with Crippen LogP contribution in [0, 0.1) is 0 Å². The number of unbranched alkanes of at least 4 members (excludes halogenated alkanes) is 57. The lowest BCUT2D eigenvalue weighted by atomic mass is 10.0. The molecule has 86 heavy (non-hydrogen) atoms. The van der Waals surface area contributed by atoms with Crippen LogP contribution in [-0.2, 0) is 14.3 Å². The highest BCUT2D eigenvalue weighted by Crippen LogP contribution is 2.19. The fourth-order valence-corrected chi connectivity index (χ4v) is 12.4. The summed E-state index contributed by atoms with van der Waals surface area (Å²) in [6, 6.07) is -0.539. The molecule has 2 unspecified atom stereocenters. The van der Waals surface area contributed by atoms with Gasteiger partial charge in [0.1, 0.15) is 0 Å². The van der Waals surface area contributed by atoms with Crippen LogP contribution < -0.4 is 5.32 Å². The van der Waals surface area contributed by atoms with Gasteiger partial charge in [-0.2, -0.15) is 0 Å². The predicted octanol–water partition coefficient (Wildman–Crippen LogP) is 25.8. The summed E-state index contributed by atoms with van der Waals surface area (Å²) in [7, 11) is 0. The number of aliphatic hydroxyl groups is 2. The van der Waals surface area contributed by atoms with E-state index in [1.807, 2.05) is 0 Å². The maximum absolute atomic E-state index is 12.5. The molecule has 0 aromatic heterocycles. The summed E-state index contributed by atoms with van der Waals surface area (Å²) in [5.41, 5.74) is 0. The van der Waals surface area contributed by atoms with Crippen LogP contribution in [0.2, 0.25) is 0 Å². The van der Waals surface area contributed by atoms with Crippen molar-refractivity contribution in [3.63, 3.8) is 0 Å². The van der Waals surface area contributed by atoms with Crippen molar-refractivity contribution in [3.8, 4) is 0 Å². The van der Waals surface area contributed by atoms with Crippen LogP contribution in [0.25, 0.3) is 0 Å². The zero-order valence-electron chi connectivity index (χ0n) is 58.3. The van der Waals surface area contributed by atoms with Crippen molar-refractivity contribution >= 4 is 11.9 Å². The molecule has 3 N–H and O–H groups in total. The second kappa shape index (κ2) is 75.5. The number of carbonyl (C=O) groups is 2. The normalized spacial score (nSPS) is 12.7. The molecule has 2 atom stereocenters. The zero-order valence-corrected chi connectivity index (χ0v) is 58.3. The zero-order chi connectivity index (χ0) is 62.0. The number of carbonyl (C=O) groups excluding carboxylic acids is 2. The molecule has 0 heterocycles. The highest BCUT2D eigenvalue weighted by atomic mass is 16.5.